The van der Waals surface area contributed by atoms with Crippen LogP contribution in [-0.2, 0) is 0 Å². The lowest BCUT2D eigenvalue weighted by atomic mass is 9.93. The highest BCUT2D eigenvalue weighted by molar-refractivity contribution is 6.26. The molecule has 1 heterocycles. The van der Waals surface area contributed by atoms with Crippen LogP contribution in [0.4, 0.5) is 5.69 Å². The monoisotopic (exact) mass is 401 g/mol. The van der Waals surface area contributed by atoms with Gasteiger partial charge in [0.25, 0.3) is 11.8 Å². The standard InChI is InChI=1S/C24H23N3O3/c1-3-4-14-27-23(28)19-7-5-6-18-21(13-12-20(22(18)19)24(27)29)26-25-15-16-8-10-17(30-2)11-9-16/h5-13,15,26H,3-4,14H2,1-2H3/b25-15+. The summed E-state index contributed by atoms with van der Waals surface area (Å²) in [6, 6.07) is 16.7. The first-order valence-electron chi connectivity index (χ1n) is 9.99. The van der Waals surface area contributed by atoms with Crippen LogP contribution in [0.1, 0.15) is 46.0 Å². The van der Waals surface area contributed by atoms with Crippen molar-refractivity contribution in [1.82, 2.24) is 4.90 Å². The third-order valence-electron chi connectivity index (χ3n) is 5.24. The van der Waals surface area contributed by atoms with E-state index in [1.807, 2.05) is 49.4 Å². The van der Waals surface area contributed by atoms with Crippen molar-refractivity contribution in [3.63, 3.8) is 0 Å². The van der Waals surface area contributed by atoms with Crippen molar-refractivity contribution >= 4 is 34.5 Å². The molecule has 6 heteroatoms. The lowest BCUT2D eigenvalue weighted by Crippen LogP contribution is -2.40. The van der Waals surface area contributed by atoms with Gasteiger partial charge in [0.2, 0.25) is 0 Å². The maximum absolute atomic E-state index is 12.9. The fourth-order valence-corrected chi connectivity index (χ4v) is 3.63. The van der Waals surface area contributed by atoms with Crippen LogP contribution in [0, 0.1) is 0 Å². The quantitative estimate of drug-likeness (QED) is 0.354. The lowest BCUT2D eigenvalue weighted by Gasteiger charge is -2.27. The molecule has 0 aliphatic carbocycles. The number of nitrogens with zero attached hydrogens (tertiary/aromatic N) is 2. The Morgan fingerprint density at radius 1 is 1.00 bits per heavy atom. The van der Waals surface area contributed by atoms with Crippen molar-refractivity contribution in [2.24, 2.45) is 5.10 Å². The second-order valence-corrected chi connectivity index (χ2v) is 7.15. The number of hydrogen-bond donors (Lipinski definition) is 1. The number of imide groups is 1. The molecule has 0 saturated carbocycles. The first kappa shape index (κ1) is 19.6. The first-order chi connectivity index (χ1) is 14.6. The van der Waals surface area contributed by atoms with Gasteiger partial charge >= 0.3 is 0 Å². The van der Waals surface area contributed by atoms with Crippen LogP contribution in [0.5, 0.6) is 5.75 Å². The minimum atomic E-state index is -0.231. The van der Waals surface area contributed by atoms with Gasteiger partial charge in [-0.3, -0.25) is 19.9 Å². The summed E-state index contributed by atoms with van der Waals surface area (Å²) in [5.74, 6) is 0.321. The third-order valence-corrected chi connectivity index (χ3v) is 5.24. The van der Waals surface area contributed by atoms with Crippen LogP contribution in [0.15, 0.2) is 59.7 Å². The number of methoxy groups -OCH3 is 1. The average molecular weight is 401 g/mol. The zero-order valence-corrected chi connectivity index (χ0v) is 17.0. The molecule has 30 heavy (non-hydrogen) atoms. The molecule has 0 atom stereocenters. The molecule has 1 aliphatic heterocycles. The largest absolute Gasteiger partial charge is 0.497 e. The highest BCUT2D eigenvalue weighted by Crippen LogP contribution is 2.34. The summed E-state index contributed by atoms with van der Waals surface area (Å²) in [4.78, 5) is 27.2. The number of hydrogen-bond acceptors (Lipinski definition) is 5. The molecule has 1 N–H and O–H groups in total. The van der Waals surface area contributed by atoms with Crippen molar-refractivity contribution in [3.8, 4) is 5.75 Å². The highest BCUT2D eigenvalue weighted by Gasteiger charge is 2.32. The number of amides is 2. The first-order valence-corrected chi connectivity index (χ1v) is 9.99. The Bertz CT molecular complexity index is 1110. The summed E-state index contributed by atoms with van der Waals surface area (Å²) >= 11 is 0. The van der Waals surface area contributed by atoms with E-state index in [9.17, 15) is 9.59 Å². The van der Waals surface area contributed by atoms with Gasteiger partial charge in [-0.1, -0.05) is 25.5 Å². The van der Waals surface area contributed by atoms with E-state index >= 15 is 0 Å². The number of nitrogens with one attached hydrogen (secondary N) is 1. The van der Waals surface area contributed by atoms with Crippen LogP contribution in [0.25, 0.3) is 10.8 Å². The Morgan fingerprint density at radius 2 is 1.73 bits per heavy atom. The van der Waals surface area contributed by atoms with Gasteiger partial charge in [0.1, 0.15) is 5.75 Å². The molecule has 4 rings (SSSR count). The molecule has 2 amide bonds. The molecule has 1 aliphatic rings. The summed E-state index contributed by atoms with van der Waals surface area (Å²) in [5, 5.41) is 5.80. The zero-order valence-electron chi connectivity index (χ0n) is 17.0. The maximum Gasteiger partial charge on any atom is 0.261 e. The van der Waals surface area contributed by atoms with E-state index in [2.05, 4.69) is 10.5 Å². The van der Waals surface area contributed by atoms with E-state index in [0.29, 0.717) is 23.1 Å². The molecular formula is C24H23N3O3. The number of carbonyl (C=O) groups is 2. The number of hydrazone groups is 1. The average Bonchev–Trinajstić information content (AvgIpc) is 2.78. The van der Waals surface area contributed by atoms with E-state index in [4.69, 9.17) is 4.74 Å². The number of unbranched alkanes of at least 4 members (excludes halogenated alkanes) is 1. The molecule has 0 aromatic heterocycles. The predicted octanol–water partition coefficient (Wildman–Crippen LogP) is 4.69. The molecule has 0 radical (unpaired) electrons. The van der Waals surface area contributed by atoms with Crippen LogP contribution in [0.2, 0.25) is 0 Å². The Balaban J connectivity index is 1.65. The molecule has 0 bridgehead atoms. The fraction of sp³-hybridized carbons (Fsp3) is 0.208. The lowest BCUT2D eigenvalue weighted by molar-refractivity contribution is 0.0608. The normalized spacial score (nSPS) is 13.3. The van der Waals surface area contributed by atoms with Gasteiger partial charge in [-0.25, -0.2) is 0 Å². The highest BCUT2D eigenvalue weighted by atomic mass is 16.5. The van der Waals surface area contributed by atoms with Crippen molar-refractivity contribution < 1.29 is 14.3 Å². The molecule has 0 unspecified atom stereocenters. The molecule has 6 nitrogen and oxygen atoms in total. The van der Waals surface area contributed by atoms with Crippen LogP contribution in [0.3, 0.4) is 0 Å². The number of carbonyl (C=O) groups excluding carboxylic acids is 2. The number of benzene rings is 3. The van der Waals surface area contributed by atoms with Crippen molar-refractivity contribution in [3.05, 3.63) is 71.3 Å². The van der Waals surface area contributed by atoms with E-state index in [0.717, 1.165) is 35.2 Å². The second-order valence-electron chi connectivity index (χ2n) is 7.15. The van der Waals surface area contributed by atoms with E-state index < -0.39 is 0 Å². The van der Waals surface area contributed by atoms with E-state index in [1.54, 1.807) is 25.5 Å². The van der Waals surface area contributed by atoms with Crippen molar-refractivity contribution in [2.75, 3.05) is 19.1 Å². The fourth-order valence-electron chi connectivity index (χ4n) is 3.63. The summed E-state index contributed by atoms with van der Waals surface area (Å²) in [7, 11) is 1.63. The van der Waals surface area contributed by atoms with E-state index in [-0.39, 0.29) is 11.8 Å². The van der Waals surface area contributed by atoms with E-state index in [1.165, 1.54) is 4.90 Å². The Hall–Kier alpha value is -3.67. The van der Waals surface area contributed by atoms with Gasteiger partial charge in [-0.05, 0) is 54.4 Å². The minimum Gasteiger partial charge on any atom is -0.497 e. The second kappa shape index (κ2) is 8.37. The topological polar surface area (TPSA) is 71.0 Å². The molecular weight excluding hydrogens is 378 g/mol. The number of rotatable bonds is 7. The molecule has 152 valence electrons. The van der Waals surface area contributed by atoms with Crippen LogP contribution < -0.4 is 10.2 Å². The van der Waals surface area contributed by atoms with Crippen LogP contribution >= 0.6 is 0 Å². The zero-order chi connectivity index (χ0) is 21.1. The Morgan fingerprint density at radius 3 is 2.43 bits per heavy atom. The van der Waals surface area contributed by atoms with Gasteiger partial charge in [0.15, 0.2) is 0 Å². The van der Waals surface area contributed by atoms with Gasteiger partial charge in [0.05, 0.1) is 19.0 Å². The molecule has 3 aromatic rings. The van der Waals surface area contributed by atoms with Crippen molar-refractivity contribution in [2.45, 2.75) is 19.8 Å². The maximum atomic E-state index is 12.9. The smallest absolute Gasteiger partial charge is 0.261 e. The number of ether oxygens (including phenoxy) is 1. The minimum absolute atomic E-state index is 0.231. The summed E-state index contributed by atoms with van der Waals surface area (Å²) in [6.07, 6.45) is 3.42. The molecule has 0 spiro atoms. The van der Waals surface area contributed by atoms with Gasteiger partial charge in [-0.15, -0.1) is 0 Å². The Kier molecular flexibility index (Phi) is 5.48. The van der Waals surface area contributed by atoms with Gasteiger partial charge < -0.3 is 4.74 Å². The molecule has 0 saturated heterocycles. The summed E-state index contributed by atoms with van der Waals surface area (Å²) in [6.45, 7) is 2.48. The van der Waals surface area contributed by atoms with Gasteiger partial charge in [-0.2, -0.15) is 5.10 Å². The van der Waals surface area contributed by atoms with Crippen molar-refractivity contribution in [1.29, 1.82) is 0 Å². The SMILES string of the molecule is CCCCN1C(=O)c2cccc3c(N/N=C/c4ccc(OC)cc4)ccc(c23)C1=O. The van der Waals surface area contributed by atoms with Crippen LogP contribution in [-0.4, -0.2) is 36.6 Å². The predicted molar refractivity (Wildman–Crippen MR) is 118 cm³/mol. The molecule has 3 aromatic carbocycles. The summed E-state index contributed by atoms with van der Waals surface area (Å²) < 4.78 is 5.16. The Labute approximate surface area is 175 Å². The van der Waals surface area contributed by atoms with Gasteiger partial charge in [0, 0.05) is 28.4 Å². The molecule has 0 fully saturated rings. The third kappa shape index (κ3) is 3.52. The summed E-state index contributed by atoms with van der Waals surface area (Å²) in [5.41, 5.74) is 5.82. The number of anilines is 1.